The fraction of sp³-hybridized carbons (Fsp3) is 0.333. The number of hydrogen-bond acceptors (Lipinski definition) is 6. The van der Waals surface area contributed by atoms with Gasteiger partial charge in [0.05, 0.1) is 17.8 Å². The molecule has 1 aliphatic heterocycles. The molecule has 3 aromatic rings. The van der Waals surface area contributed by atoms with E-state index in [1.54, 1.807) is 4.90 Å². The van der Waals surface area contributed by atoms with Gasteiger partial charge in [0.25, 0.3) is 0 Å². The summed E-state index contributed by atoms with van der Waals surface area (Å²) in [4.78, 5) is 34.7. The third-order valence-electron chi connectivity index (χ3n) is 4.79. The molecule has 1 aromatic carbocycles. The van der Waals surface area contributed by atoms with Gasteiger partial charge in [0.15, 0.2) is 10.3 Å². The number of nitrogens with one attached hydrogen (secondary N) is 2. The smallest absolute Gasteiger partial charge is 0.323 e. The van der Waals surface area contributed by atoms with Crippen molar-refractivity contribution in [3.05, 3.63) is 46.3 Å². The molecule has 1 aliphatic rings. The van der Waals surface area contributed by atoms with Crippen molar-refractivity contribution in [2.24, 2.45) is 0 Å². The van der Waals surface area contributed by atoms with Gasteiger partial charge in [-0.15, -0.1) is 22.7 Å². The summed E-state index contributed by atoms with van der Waals surface area (Å²) in [7, 11) is 0. The molecule has 0 saturated carbocycles. The first-order valence-corrected chi connectivity index (χ1v) is 11.7. The Morgan fingerprint density at radius 1 is 1.20 bits per heavy atom. The van der Waals surface area contributed by atoms with Crippen LogP contribution < -0.4 is 15.5 Å². The molecule has 7 nitrogen and oxygen atoms in total. The van der Waals surface area contributed by atoms with Crippen molar-refractivity contribution >= 4 is 44.9 Å². The summed E-state index contributed by atoms with van der Waals surface area (Å²) in [6.07, 6.45) is 3.62. The summed E-state index contributed by atoms with van der Waals surface area (Å²) in [6, 6.07) is 8.30. The van der Waals surface area contributed by atoms with E-state index in [2.05, 4.69) is 51.8 Å². The lowest BCUT2D eigenvalue weighted by atomic mass is 10.1. The molecule has 2 aromatic heterocycles. The minimum atomic E-state index is -0.173. The second kappa shape index (κ2) is 9.36. The number of urea groups is 1. The lowest BCUT2D eigenvalue weighted by Crippen LogP contribution is -2.27. The topological polar surface area (TPSA) is 87.2 Å². The summed E-state index contributed by atoms with van der Waals surface area (Å²) < 4.78 is 0. The van der Waals surface area contributed by atoms with Crippen molar-refractivity contribution < 1.29 is 9.59 Å². The van der Waals surface area contributed by atoms with Gasteiger partial charge in [-0.05, 0) is 18.4 Å². The number of hydrogen-bond donors (Lipinski definition) is 2. The van der Waals surface area contributed by atoms with Crippen LogP contribution in [0.1, 0.15) is 31.0 Å². The zero-order valence-electron chi connectivity index (χ0n) is 16.7. The molecule has 2 N–H and O–H groups in total. The zero-order valence-corrected chi connectivity index (χ0v) is 18.3. The highest BCUT2D eigenvalue weighted by atomic mass is 32.1. The highest BCUT2D eigenvalue weighted by molar-refractivity contribution is 7.14. The maximum Gasteiger partial charge on any atom is 0.323 e. The molecule has 0 unspecified atom stereocenters. The zero-order chi connectivity index (χ0) is 20.9. The second-order valence-electron chi connectivity index (χ2n) is 7.07. The Bertz CT molecular complexity index is 1030. The molecule has 0 atom stereocenters. The van der Waals surface area contributed by atoms with Gasteiger partial charge < -0.3 is 10.6 Å². The number of carbonyl (C=O) groups is 2. The molecule has 0 aliphatic carbocycles. The van der Waals surface area contributed by atoms with Gasteiger partial charge >= 0.3 is 6.03 Å². The molecule has 0 spiro atoms. The maximum absolute atomic E-state index is 12.4. The average Bonchev–Trinajstić information content (AvgIpc) is 3.48. The van der Waals surface area contributed by atoms with E-state index in [-0.39, 0.29) is 18.4 Å². The standard InChI is InChI=1S/C21H23N5O2S2/c1-2-3-4-14-5-7-15(8-6-14)17-13-29-19(24-17)25-18(27)11-16-12-30-21(23-16)26-10-9-22-20(26)28/h5-8,12-13H,2-4,9-11H2,1H3,(H,22,28)(H,24,25,27). The monoisotopic (exact) mass is 441 g/mol. The Hall–Kier alpha value is -2.78. The van der Waals surface area contributed by atoms with Crippen molar-refractivity contribution in [2.45, 2.75) is 32.6 Å². The molecular weight excluding hydrogens is 418 g/mol. The van der Waals surface area contributed by atoms with E-state index in [4.69, 9.17) is 0 Å². The molecule has 9 heteroatoms. The number of benzene rings is 1. The highest BCUT2D eigenvalue weighted by Gasteiger charge is 2.24. The predicted molar refractivity (Wildman–Crippen MR) is 121 cm³/mol. The number of unbranched alkanes of at least 4 members (excludes halogenated alkanes) is 1. The molecular formula is C21H23N5O2S2. The van der Waals surface area contributed by atoms with Crippen LogP contribution in [0.4, 0.5) is 15.1 Å². The van der Waals surface area contributed by atoms with E-state index in [0.29, 0.717) is 29.0 Å². The van der Waals surface area contributed by atoms with Crippen LogP contribution in [0.25, 0.3) is 11.3 Å². The second-order valence-corrected chi connectivity index (χ2v) is 8.76. The van der Waals surface area contributed by atoms with E-state index in [1.807, 2.05) is 10.8 Å². The quantitative estimate of drug-likeness (QED) is 0.545. The molecule has 1 saturated heterocycles. The van der Waals surface area contributed by atoms with Gasteiger partial charge in [0.1, 0.15) is 0 Å². The number of nitrogens with zero attached hydrogens (tertiary/aromatic N) is 3. The van der Waals surface area contributed by atoms with Gasteiger partial charge in [-0.25, -0.2) is 14.8 Å². The lowest BCUT2D eigenvalue weighted by Gasteiger charge is -2.08. The van der Waals surface area contributed by atoms with Crippen LogP contribution in [0.3, 0.4) is 0 Å². The van der Waals surface area contributed by atoms with Crippen molar-refractivity contribution in [1.29, 1.82) is 0 Å². The average molecular weight is 442 g/mol. The van der Waals surface area contributed by atoms with Gasteiger partial charge in [-0.1, -0.05) is 37.6 Å². The van der Waals surface area contributed by atoms with Gasteiger partial charge in [0.2, 0.25) is 5.91 Å². The van der Waals surface area contributed by atoms with Crippen LogP contribution in [-0.2, 0) is 17.6 Å². The van der Waals surface area contributed by atoms with Gasteiger partial charge in [-0.3, -0.25) is 9.69 Å². The highest BCUT2D eigenvalue weighted by Crippen LogP contribution is 2.26. The summed E-state index contributed by atoms with van der Waals surface area (Å²) in [5.41, 5.74) is 3.87. The van der Waals surface area contributed by atoms with Gasteiger partial charge in [0, 0.05) is 29.4 Å². The number of carbonyl (C=O) groups excluding carboxylic acids is 2. The molecule has 1 fully saturated rings. The van der Waals surface area contributed by atoms with Crippen LogP contribution in [0, 0.1) is 0 Å². The Labute approximate surface area is 183 Å². The number of amides is 3. The molecule has 0 bridgehead atoms. The van der Waals surface area contributed by atoms with Crippen molar-refractivity contribution in [1.82, 2.24) is 15.3 Å². The normalized spacial score (nSPS) is 13.5. The summed E-state index contributed by atoms with van der Waals surface area (Å²) >= 11 is 2.77. The summed E-state index contributed by atoms with van der Waals surface area (Å²) in [6.45, 7) is 3.40. The van der Waals surface area contributed by atoms with Crippen molar-refractivity contribution in [3.8, 4) is 11.3 Å². The minimum absolute atomic E-state index is 0.144. The molecule has 4 rings (SSSR count). The van der Waals surface area contributed by atoms with E-state index >= 15 is 0 Å². The molecule has 0 radical (unpaired) electrons. The first kappa shape index (κ1) is 20.5. The van der Waals surface area contributed by atoms with Crippen molar-refractivity contribution in [2.75, 3.05) is 23.3 Å². The van der Waals surface area contributed by atoms with Crippen molar-refractivity contribution in [3.63, 3.8) is 0 Å². The first-order chi connectivity index (χ1) is 14.6. The summed E-state index contributed by atoms with van der Waals surface area (Å²) in [5.74, 6) is -0.173. The van der Waals surface area contributed by atoms with Crippen LogP contribution in [0.5, 0.6) is 0 Å². The first-order valence-electron chi connectivity index (χ1n) is 9.97. The van der Waals surface area contributed by atoms with E-state index in [1.165, 1.54) is 41.1 Å². The van der Waals surface area contributed by atoms with E-state index in [9.17, 15) is 9.59 Å². The third-order valence-corrected chi connectivity index (χ3v) is 6.46. The largest absolute Gasteiger partial charge is 0.336 e. The molecule has 3 amide bonds. The van der Waals surface area contributed by atoms with E-state index in [0.717, 1.165) is 17.7 Å². The van der Waals surface area contributed by atoms with Crippen LogP contribution >= 0.6 is 22.7 Å². The van der Waals surface area contributed by atoms with E-state index < -0.39 is 0 Å². The number of thiazole rings is 2. The SMILES string of the molecule is CCCCc1ccc(-c2csc(NC(=O)Cc3csc(N4CCNC4=O)n3)n2)cc1. The Morgan fingerprint density at radius 3 is 2.77 bits per heavy atom. The Balaban J connectivity index is 1.34. The fourth-order valence-corrected chi connectivity index (χ4v) is 4.76. The van der Waals surface area contributed by atoms with Crippen LogP contribution in [0.15, 0.2) is 35.0 Å². The molecule has 156 valence electrons. The number of rotatable bonds is 8. The number of aryl methyl sites for hydroxylation is 1. The van der Waals surface area contributed by atoms with Crippen LogP contribution in [-0.4, -0.2) is 35.0 Å². The minimum Gasteiger partial charge on any atom is -0.336 e. The van der Waals surface area contributed by atoms with Gasteiger partial charge in [-0.2, -0.15) is 0 Å². The predicted octanol–water partition coefficient (Wildman–Crippen LogP) is 4.32. The lowest BCUT2D eigenvalue weighted by molar-refractivity contribution is -0.115. The number of anilines is 2. The Kier molecular flexibility index (Phi) is 6.39. The summed E-state index contributed by atoms with van der Waals surface area (Å²) in [5, 5.41) is 10.5. The fourth-order valence-electron chi connectivity index (χ4n) is 3.17. The third kappa shape index (κ3) is 4.85. The van der Waals surface area contributed by atoms with Crippen LogP contribution in [0.2, 0.25) is 0 Å². The molecule has 30 heavy (non-hydrogen) atoms. The Morgan fingerprint density at radius 2 is 2.03 bits per heavy atom. The molecule has 3 heterocycles. The maximum atomic E-state index is 12.4. The number of aromatic nitrogens is 2.